The third-order valence-corrected chi connectivity index (χ3v) is 5.51. The average Bonchev–Trinajstić information content (AvgIpc) is 3.05. The minimum atomic E-state index is -2.53. The fraction of sp³-hybridized carbons (Fsp3) is 0.238. The normalized spacial score (nSPS) is 19.8. The van der Waals surface area contributed by atoms with E-state index < -0.39 is 47.2 Å². The van der Waals surface area contributed by atoms with Crippen LogP contribution in [0.1, 0.15) is 51.1 Å². The molecule has 1 fully saturated rings. The first kappa shape index (κ1) is 21.7. The second-order valence-corrected chi connectivity index (χ2v) is 7.55. The lowest BCUT2D eigenvalue weighted by molar-refractivity contribution is -0.171. The number of imide groups is 2. The number of carbonyl (C=O) groups is 6. The van der Waals surface area contributed by atoms with Gasteiger partial charge >= 0.3 is 5.97 Å². The van der Waals surface area contributed by atoms with Crippen LogP contribution in [0.4, 0.5) is 0 Å². The van der Waals surface area contributed by atoms with Gasteiger partial charge in [-0.25, -0.2) is 19.7 Å². The van der Waals surface area contributed by atoms with Crippen molar-refractivity contribution in [2.24, 2.45) is 0 Å². The summed E-state index contributed by atoms with van der Waals surface area (Å²) >= 11 is 0. The number of carboxylic acids is 1. The molecule has 2 unspecified atom stereocenters. The van der Waals surface area contributed by atoms with Gasteiger partial charge in [-0.1, -0.05) is 12.1 Å². The van der Waals surface area contributed by atoms with E-state index in [0.717, 1.165) is 11.8 Å². The highest BCUT2D eigenvalue weighted by Gasteiger charge is 2.54. The van der Waals surface area contributed by atoms with Gasteiger partial charge in [-0.3, -0.25) is 28.9 Å². The highest BCUT2D eigenvalue weighted by atomic mass is 16.4. The number of nitrogens with zero attached hydrogens (tertiary/aromatic N) is 4. The lowest BCUT2D eigenvalue weighted by Gasteiger charge is -2.42. The largest absolute Gasteiger partial charge is 0.478 e. The van der Waals surface area contributed by atoms with Crippen LogP contribution in [0.3, 0.4) is 0 Å². The topological polar surface area (TPSA) is 167 Å². The van der Waals surface area contributed by atoms with E-state index in [-0.39, 0.29) is 29.8 Å². The van der Waals surface area contributed by atoms with Gasteiger partial charge in [0.05, 0.1) is 11.1 Å². The maximum absolute atomic E-state index is 13.3. The number of carbonyl (C=O) groups excluding carboxylic acids is 5. The van der Waals surface area contributed by atoms with E-state index in [0.29, 0.717) is 4.90 Å². The number of carboxylic acid groups (broad SMARTS) is 1. The zero-order valence-electron chi connectivity index (χ0n) is 17.2. The number of amides is 5. The number of aliphatic carboxylic acids is 1. The zero-order valence-corrected chi connectivity index (χ0v) is 17.2. The van der Waals surface area contributed by atoms with Gasteiger partial charge in [0.15, 0.2) is 0 Å². The number of rotatable bonds is 5. The molecule has 12 heteroatoms. The monoisotopic (exact) mass is 451 g/mol. The van der Waals surface area contributed by atoms with Crippen molar-refractivity contribution >= 4 is 35.5 Å². The molecule has 0 bridgehead atoms. The highest BCUT2D eigenvalue weighted by Crippen LogP contribution is 2.31. The number of likely N-dealkylation sites (tertiary alicyclic amines) is 1. The number of piperidine rings is 1. The second-order valence-electron chi connectivity index (χ2n) is 7.55. The Morgan fingerprint density at radius 1 is 1.03 bits per heavy atom. The van der Waals surface area contributed by atoms with Gasteiger partial charge in [-0.05, 0) is 31.5 Å². The van der Waals surface area contributed by atoms with Crippen LogP contribution in [-0.2, 0) is 14.4 Å². The fourth-order valence-corrected chi connectivity index (χ4v) is 3.87. The molecule has 2 N–H and O–H groups in total. The molecule has 2 aromatic rings. The average molecular weight is 451 g/mol. The summed E-state index contributed by atoms with van der Waals surface area (Å²) in [5.74, 6) is -6.55. The van der Waals surface area contributed by atoms with Crippen LogP contribution < -0.4 is 5.32 Å². The van der Waals surface area contributed by atoms with E-state index in [2.05, 4.69) is 15.3 Å². The molecule has 4 rings (SSSR count). The smallest absolute Gasteiger partial charge is 0.350 e. The Labute approximate surface area is 186 Å². The van der Waals surface area contributed by atoms with Crippen molar-refractivity contribution in [2.75, 3.05) is 0 Å². The van der Waals surface area contributed by atoms with Crippen LogP contribution >= 0.6 is 0 Å². The van der Waals surface area contributed by atoms with Gasteiger partial charge < -0.3 is 10.4 Å². The van der Waals surface area contributed by atoms with E-state index in [9.17, 15) is 33.9 Å². The Morgan fingerprint density at radius 3 is 2.15 bits per heavy atom. The predicted molar refractivity (Wildman–Crippen MR) is 107 cm³/mol. The molecule has 1 aromatic carbocycles. The van der Waals surface area contributed by atoms with E-state index >= 15 is 0 Å². The van der Waals surface area contributed by atoms with E-state index in [1.54, 1.807) is 12.1 Å². The fourth-order valence-electron chi connectivity index (χ4n) is 3.87. The standard InChI is InChI=1S/C21H17N5O7/c1-21(20(32)33,24-16(28)15-22-9-4-10-23-15)26-14(27)8-7-13(19(26)31)25-17(29)11-5-2-3-6-12(11)18(25)30/h2-6,9-10,13H,7-8H2,1H3,(H,24,28)(H,32,33). The van der Waals surface area contributed by atoms with Crippen LogP contribution in [0.2, 0.25) is 0 Å². The number of benzene rings is 1. The SMILES string of the molecule is CC(NC(=O)c1ncccn1)(C(=O)O)N1C(=O)CCC(N2C(=O)c3ccccc3C2=O)C1=O. The summed E-state index contributed by atoms with van der Waals surface area (Å²) in [6.07, 6.45) is 2.01. The third kappa shape index (κ3) is 3.41. The van der Waals surface area contributed by atoms with Crippen LogP contribution in [0.15, 0.2) is 42.7 Å². The number of hydrogen-bond donors (Lipinski definition) is 2. The Bertz CT molecular complexity index is 1180. The summed E-state index contributed by atoms with van der Waals surface area (Å²) < 4.78 is 0. The quantitative estimate of drug-likeness (QED) is 0.586. The van der Waals surface area contributed by atoms with E-state index in [1.165, 1.54) is 30.6 Å². The van der Waals surface area contributed by atoms with Crippen molar-refractivity contribution in [2.45, 2.75) is 31.5 Å². The molecule has 1 saturated heterocycles. The van der Waals surface area contributed by atoms with Crippen LogP contribution in [0.5, 0.6) is 0 Å². The minimum Gasteiger partial charge on any atom is -0.478 e. The van der Waals surface area contributed by atoms with Crippen LogP contribution in [-0.4, -0.2) is 72.1 Å². The molecule has 168 valence electrons. The first-order valence-corrected chi connectivity index (χ1v) is 9.83. The first-order valence-electron chi connectivity index (χ1n) is 9.83. The van der Waals surface area contributed by atoms with E-state index in [1.807, 2.05) is 0 Å². The number of nitrogens with one attached hydrogen (secondary N) is 1. The molecular weight excluding hydrogens is 434 g/mol. The van der Waals surface area contributed by atoms with Crippen molar-refractivity contribution in [1.82, 2.24) is 25.1 Å². The Hall–Kier alpha value is -4.48. The van der Waals surface area contributed by atoms with Gasteiger partial charge in [0.2, 0.25) is 17.4 Å². The molecule has 1 aromatic heterocycles. The maximum Gasteiger partial charge on any atom is 0.350 e. The van der Waals surface area contributed by atoms with Gasteiger partial charge in [0.25, 0.3) is 23.6 Å². The molecular formula is C21H17N5O7. The minimum absolute atomic E-state index is 0.106. The molecule has 3 heterocycles. The molecule has 0 aliphatic carbocycles. The predicted octanol–water partition coefficient (Wildman–Crippen LogP) is -0.179. The van der Waals surface area contributed by atoms with E-state index in [4.69, 9.17) is 0 Å². The summed E-state index contributed by atoms with van der Waals surface area (Å²) in [4.78, 5) is 85.0. The molecule has 2 aliphatic heterocycles. The molecule has 2 aliphatic rings. The molecule has 0 spiro atoms. The van der Waals surface area contributed by atoms with Crippen LogP contribution in [0, 0.1) is 0 Å². The third-order valence-electron chi connectivity index (χ3n) is 5.51. The second kappa shape index (κ2) is 7.89. The summed E-state index contributed by atoms with van der Waals surface area (Å²) in [6.45, 7) is 0.955. The zero-order chi connectivity index (χ0) is 23.9. The summed E-state index contributed by atoms with van der Waals surface area (Å²) in [6, 6.07) is 6.03. The Balaban J connectivity index is 1.68. The number of hydrogen-bond acceptors (Lipinski definition) is 8. The lowest BCUT2D eigenvalue weighted by atomic mass is 9.97. The van der Waals surface area contributed by atoms with Crippen molar-refractivity contribution in [1.29, 1.82) is 0 Å². The van der Waals surface area contributed by atoms with Gasteiger partial charge in [0, 0.05) is 18.8 Å². The molecule has 33 heavy (non-hydrogen) atoms. The molecule has 2 atom stereocenters. The van der Waals surface area contributed by atoms with Crippen molar-refractivity contribution in [3.8, 4) is 0 Å². The summed E-state index contributed by atoms with van der Waals surface area (Å²) in [7, 11) is 0. The molecule has 0 radical (unpaired) electrons. The van der Waals surface area contributed by atoms with Crippen molar-refractivity contribution in [3.05, 3.63) is 59.7 Å². The summed E-state index contributed by atoms with van der Waals surface area (Å²) in [5, 5.41) is 12.0. The first-order chi connectivity index (χ1) is 15.7. The number of fused-ring (bicyclic) bond motifs is 1. The van der Waals surface area contributed by atoms with Crippen molar-refractivity contribution in [3.63, 3.8) is 0 Å². The molecule has 5 amide bonds. The Kier molecular flexibility index (Phi) is 5.20. The van der Waals surface area contributed by atoms with Gasteiger partial charge in [0.1, 0.15) is 6.04 Å². The molecule has 0 saturated carbocycles. The summed E-state index contributed by atoms with van der Waals surface area (Å²) in [5.41, 5.74) is -2.31. The molecule has 12 nitrogen and oxygen atoms in total. The van der Waals surface area contributed by atoms with Crippen molar-refractivity contribution < 1.29 is 33.9 Å². The lowest BCUT2D eigenvalue weighted by Crippen LogP contribution is -2.71. The maximum atomic E-state index is 13.3. The van der Waals surface area contributed by atoms with Crippen LogP contribution in [0.25, 0.3) is 0 Å². The highest BCUT2D eigenvalue weighted by molar-refractivity contribution is 6.23. The Morgan fingerprint density at radius 2 is 1.61 bits per heavy atom. The number of aromatic nitrogens is 2. The van der Waals surface area contributed by atoms with Gasteiger partial charge in [-0.2, -0.15) is 0 Å². The van der Waals surface area contributed by atoms with Gasteiger partial charge in [-0.15, -0.1) is 0 Å².